The zero-order valence-electron chi connectivity index (χ0n) is 17.5. The Balaban J connectivity index is 1.53. The van der Waals surface area contributed by atoms with Gasteiger partial charge in [0, 0.05) is 56.1 Å². The van der Waals surface area contributed by atoms with Crippen molar-refractivity contribution in [3.05, 3.63) is 40.5 Å². The molecule has 3 rings (SSSR count). The lowest BCUT2D eigenvalue weighted by Crippen LogP contribution is -2.45. The Morgan fingerprint density at radius 3 is 2.64 bits per heavy atom. The molecule has 1 aliphatic rings. The average molecular weight is 386 g/mol. The van der Waals surface area contributed by atoms with Gasteiger partial charge in [0.2, 0.25) is 5.91 Å². The number of carbonyl (C=O) groups is 1. The van der Waals surface area contributed by atoms with Gasteiger partial charge in [-0.05, 0) is 33.6 Å². The van der Waals surface area contributed by atoms with Crippen LogP contribution in [0.4, 0.5) is 0 Å². The van der Waals surface area contributed by atoms with Crippen molar-refractivity contribution in [1.29, 1.82) is 0 Å². The topological polar surface area (TPSA) is 71.7 Å². The Hall–Kier alpha value is -2.41. The molecule has 1 amide bonds. The second-order valence-corrected chi connectivity index (χ2v) is 7.66. The van der Waals surface area contributed by atoms with E-state index in [1.54, 1.807) is 7.11 Å². The maximum atomic E-state index is 12.5. The minimum Gasteiger partial charge on any atom is -0.496 e. The van der Waals surface area contributed by atoms with E-state index in [0.717, 1.165) is 60.8 Å². The predicted octanol–water partition coefficient (Wildman–Crippen LogP) is 2.67. The van der Waals surface area contributed by atoms with Crippen molar-refractivity contribution in [2.24, 2.45) is 0 Å². The number of likely N-dealkylation sites (tertiary alicyclic amines) is 1. The van der Waals surface area contributed by atoms with Gasteiger partial charge in [-0.15, -0.1) is 0 Å². The van der Waals surface area contributed by atoms with Gasteiger partial charge in [0.15, 0.2) is 0 Å². The molecule has 1 saturated heterocycles. The van der Waals surface area contributed by atoms with Crippen LogP contribution in [0.15, 0.2) is 16.8 Å². The second-order valence-electron chi connectivity index (χ2n) is 7.66. The van der Waals surface area contributed by atoms with Crippen LogP contribution in [-0.4, -0.2) is 59.1 Å². The summed E-state index contributed by atoms with van der Waals surface area (Å²) in [4.78, 5) is 21.4. The number of likely N-dealkylation sites (N-methyl/N-ethyl adjacent to an activating group) is 1. The Labute approximate surface area is 166 Å². The molecule has 1 aliphatic heterocycles. The van der Waals surface area contributed by atoms with Crippen LogP contribution in [0.1, 0.15) is 41.1 Å². The molecule has 0 atom stereocenters. The number of aromatic nitrogens is 2. The van der Waals surface area contributed by atoms with Gasteiger partial charge in [-0.25, -0.2) is 0 Å². The molecule has 7 heteroatoms. The lowest BCUT2D eigenvalue weighted by molar-refractivity contribution is -0.132. The van der Waals surface area contributed by atoms with E-state index in [1.165, 1.54) is 0 Å². The van der Waals surface area contributed by atoms with Gasteiger partial charge in [0.1, 0.15) is 11.5 Å². The lowest BCUT2D eigenvalue weighted by Gasteiger charge is -2.36. The first-order valence-corrected chi connectivity index (χ1v) is 9.78. The van der Waals surface area contributed by atoms with E-state index in [0.29, 0.717) is 12.1 Å². The van der Waals surface area contributed by atoms with Crippen LogP contribution in [0, 0.1) is 20.8 Å². The number of aryl methyl sites for hydroxylation is 2. The van der Waals surface area contributed by atoms with Gasteiger partial charge in [-0.1, -0.05) is 5.16 Å². The number of nitrogens with zero attached hydrogens (tertiary/aromatic N) is 4. The predicted molar refractivity (Wildman–Crippen MR) is 106 cm³/mol. The highest BCUT2D eigenvalue weighted by Crippen LogP contribution is 2.26. The van der Waals surface area contributed by atoms with Crippen molar-refractivity contribution in [3.63, 3.8) is 0 Å². The maximum Gasteiger partial charge on any atom is 0.228 e. The number of rotatable bonds is 6. The molecule has 2 aromatic rings. The summed E-state index contributed by atoms with van der Waals surface area (Å²) in [5.41, 5.74) is 3.93. The quantitative estimate of drug-likeness (QED) is 0.760. The number of carbonyl (C=O) groups excluding carboxylic acids is 1. The van der Waals surface area contributed by atoms with Gasteiger partial charge in [-0.2, -0.15) is 0 Å². The Morgan fingerprint density at radius 1 is 1.32 bits per heavy atom. The van der Waals surface area contributed by atoms with Crippen LogP contribution < -0.4 is 4.74 Å². The number of piperidine rings is 1. The number of ether oxygens (including phenoxy) is 1. The number of methoxy groups -OCH3 is 1. The normalized spacial score (nSPS) is 15.6. The fourth-order valence-electron chi connectivity index (χ4n) is 3.89. The second kappa shape index (κ2) is 8.73. The summed E-state index contributed by atoms with van der Waals surface area (Å²) in [6.07, 6.45) is 4.09. The zero-order valence-corrected chi connectivity index (χ0v) is 17.5. The van der Waals surface area contributed by atoms with Gasteiger partial charge in [0.05, 0.1) is 24.9 Å². The smallest absolute Gasteiger partial charge is 0.228 e. The van der Waals surface area contributed by atoms with Crippen LogP contribution in [0.2, 0.25) is 0 Å². The molecule has 152 valence electrons. The van der Waals surface area contributed by atoms with Crippen LogP contribution >= 0.6 is 0 Å². The van der Waals surface area contributed by atoms with Crippen LogP contribution in [0.25, 0.3) is 0 Å². The first kappa shape index (κ1) is 20.3. The minimum absolute atomic E-state index is 0.0903. The first-order valence-electron chi connectivity index (χ1n) is 9.78. The van der Waals surface area contributed by atoms with E-state index in [1.807, 2.05) is 38.1 Å². The molecular weight excluding hydrogens is 356 g/mol. The lowest BCUT2D eigenvalue weighted by atomic mass is 10.0. The molecular formula is C21H30N4O3. The van der Waals surface area contributed by atoms with E-state index in [4.69, 9.17) is 9.26 Å². The van der Waals surface area contributed by atoms with E-state index < -0.39 is 0 Å². The highest BCUT2D eigenvalue weighted by molar-refractivity contribution is 5.78. The molecule has 0 N–H and O–H groups in total. The van der Waals surface area contributed by atoms with Crippen LogP contribution in [0.5, 0.6) is 5.75 Å². The van der Waals surface area contributed by atoms with Crippen LogP contribution in [0.3, 0.4) is 0 Å². The van der Waals surface area contributed by atoms with E-state index in [2.05, 4.69) is 22.0 Å². The number of hydrogen-bond donors (Lipinski definition) is 0. The summed E-state index contributed by atoms with van der Waals surface area (Å²) >= 11 is 0. The summed E-state index contributed by atoms with van der Waals surface area (Å²) in [5.74, 6) is 1.75. The largest absolute Gasteiger partial charge is 0.496 e. The molecule has 1 fully saturated rings. The van der Waals surface area contributed by atoms with Crippen molar-refractivity contribution in [2.75, 3.05) is 27.2 Å². The Kier molecular flexibility index (Phi) is 6.34. The molecule has 0 unspecified atom stereocenters. The number of pyridine rings is 1. The molecule has 0 radical (unpaired) electrons. The minimum atomic E-state index is 0.0903. The summed E-state index contributed by atoms with van der Waals surface area (Å²) in [6, 6.07) is 2.08. The third kappa shape index (κ3) is 4.52. The standard InChI is InChI=1S/C21H30N4O3/c1-14-12-22-19(16(3)21(14)27-5)13-25-8-6-18(7-9-25)24(4)20(26)11-17-10-15(2)28-23-17/h10,12,18H,6-9,11,13H2,1-5H3. The molecule has 2 aromatic heterocycles. The molecule has 7 nitrogen and oxygen atoms in total. The molecule has 0 saturated carbocycles. The van der Waals surface area contributed by atoms with Crippen molar-refractivity contribution >= 4 is 5.91 Å². The Morgan fingerprint density at radius 2 is 2.04 bits per heavy atom. The third-order valence-electron chi connectivity index (χ3n) is 5.63. The SMILES string of the molecule is COc1c(C)cnc(CN2CCC(N(C)C(=O)Cc3cc(C)on3)CC2)c1C. The summed E-state index contributed by atoms with van der Waals surface area (Å²) in [7, 11) is 3.60. The molecule has 3 heterocycles. The highest BCUT2D eigenvalue weighted by atomic mass is 16.5. The van der Waals surface area contributed by atoms with Crippen molar-refractivity contribution in [1.82, 2.24) is 19.9 Å². The van der Waals surface area contributed by atoms with Crippen LogP contribution in [-0.2, 0) is 17.8 Å². The highest BCUT2D eigenvalue weighted by Gasteiger charge is 2.26. The summed E-state index contributed by atoms with van der Waals surface area (Å²) < 4.78 is 10.6. The van der Waals surface area contributed by atoms with Gasteiger partial charge in [-0.3, -0.25) is 14.7 Å². The average Bonchev–Trinajstić information content (AvgIpc) is 3.09. The molecule has 0 bridgehead atoms. The van der Waals surface area contributed by atoms with Crippen molar-refractivity contribution in [3.8, 4) is 5.75 Å². The van der Waals surface area contributed by atoms with Gasteiger partial charge < -0.3 is 14.2 Å². The first-order chi connectivity index (χ1) is 13.4. The van der Waals surface area contributed by atoms with E-state index in [-0.39, 0.29) is 11.9 Å². The third-order valence-corrected chi connectivity index (χ3v) is 5.63. The summed E-state index contributed by atoms with van der Waals surface area (Å²) in [6.45, 7) is 8.62. The fraction of sp³-hybridized carbons (Fsp3) is 0.571. The van der Waals surface area contributed by atoms with E-state index >= 15 is 0 Å². The molecule has 28 heavy (non-hydrogen) atoms. The molecule has 0 spiro atoms. The summed E-state index contributed by atoms with van der Waals surface area (Å²) in [5, 5.41) is 3.92. The Bertz CT molecular complexity index is 825. The molecule has 0 aliphatic carbocycles. The van der Waals surface area contributed by atoms with E-state index in [9.17, 15) is 4.79 Å². The molecule has 0 aromatic carbocycles. The van der Waals surface area contributed by atoms with Gasteiger partial charge in [0.25, 0.3) is 0 Å². The number of amides is 1. The maximum absolute atomic E-state index is 12.5. The monoisotopic (exact) mass is 386 g/mol. The van der Waals surface area contributed by atoms with Crippen molar-refractivity contribution < 1.29 is 14.1 Å². The van der Waals surface area contributed by atoms with Crippen molar-refractivity contribution in [2.45, 2.75) is 52.6 Å². The fourth-order valence-corrected chi connectivity index (χ4v) is 3.89. The van der Waals surface area contributed by atoms with Gasteiger partial charge >= 0.3 is 0 Å². The number of hydrogen-bond acceptors (Lipinski definition) is 6. The zero-order chi connectivity index (χ0) is 20.3.